The first-order chi connectivity index (χ1) is 18.9. The van der Waals surface area contributed by atoms with Gasteiger partial charge in [0.05, 0.1) is 54.9 Å². The van der Waals surface area contributed by atoms with E-state index in [4.69, 9.17) is 9.47 Å². The number of hydrogen-bond donors (Lipinski definition) is 1. The minimum atomic E-state index is -1.32. The van der Waals surface area contributed by atoms with Crippen molar-refractivity contribution < 1.29 is 33.4 Å². The van der Waals surface area contributed by atoms with Crippen LogP contribution in [0.5, 0.6) is 0 Å². The molecule has 3 aromatic rings. The molecule has 1 saturated heterocycles. The second kappa shape index (κ2) is 11.6. The average molecular weight is 534 g/mol. The number of amides is 3. The summed E-state index contributed by atoms with van der Waals surface area (Å²) in [7, 11) is 0. The molecule has 39 heavy (non-hydrogen) atoms. The van der Waals surface area contributed by atoms with Crippen LogP contribution in [-0.2, 0) is 16.1 Å². The number of benzene rings is 3. The molecule has 0 spiro atoms. The lowest BCUT2D eigenvalue weighted by atomic mass is 10.1. The van der Waals surface area contributed by atoms with Crippen LogP contribution in [0.1, 0.15) is 26.3 Å². The molecule has 0 saturated carbocycles. The maximum Gasteiger partial charge on any atom is 0.414 e. The zero-order valence-electron chi connectivity index (χ0n) is 21.2. The highest BCUT2D eigenvalue weighted by Gasteiger charge is 2.37. The number of aliphatic hydroxyl groups is 1. The van der Waals surface area contributed by atoms with Crippen molar-refractivity contribution in [1.82, 2.24) is 4.90 Å². The highest BCUT2D eigenvalue weighted by atomic mass is 19.1. The quantitative estimate of drug-likeness (QED) is 0.443. The van der Waals surface area contributed by atoms with Gasteiger partial charge in [-0.25, -0.2) is 9.18 Å². The van der Waals surface area contributed by atoms with Gasteiger partial charge in [-0.15, -0.1) is 0 Å². The summed E-state index contributed by atoms with van der Waals surface area (Å²) in [5, 5.41) is 10.9. The number of fused-ring (bicyclic) bond motifs is 1. The Hall–Kier alpha value is -4.28. The van der Waals surface area contributed by atoms with Gasteiger partial charge in [-0.3, -0.25) is 19.4 Å². The van der Waals surface area contributed by atoms with E-state index in [1.807, 2.05) is 23.1 Å². The van der Waals surface area contributed by atoms with Gasteiger partial charge in [-0.05, 0) is 35.9 Å². The molecule has 1 N–H and O–H groups in total. The second-order valence-electron chi connectivity index (χ2n) is 9.31. The lowest BCUT2D eigenvalue weighted by molar-refractivity contribution is 0.0550. The van der Waals surface area contributed by atoms with Crippen molar-refractivity contribution in [3.05, 3.63) is 95.3 Å². The third-order valence-corrected chi connectivity index (χ3v) is 6.69. The van der Waals surface area contributed by atoms with E-state index < -0.39 is 29.8 Å². The smallest absolute Gasteiger partial charge is 0.414 e. The Kier molecular flexibility index (Phi) is 7.85. The number of β-amino-alcohol motifs (C(OH)–C–C–N with tert-alkyl or cyclic N) is 1. The maximum atomic E-state index is 15.2. The van der Waals surface area contributed by atoms with Gasteiger partial charge >= 0.3 is 6.09 Å². The van der Waals surface area contributed by atoms with E-state index in [2.05, 4.69) is 0 Å². The number of morpholine rings is 1. The molecule has 202 valence electrons. The Morgan fingerprint density at radius 2 is 1.62 bits per heavy atom. The van der Waals surface area contributed by atoms with Gasteiger partial charge in [0.1, 0.15) is 12.4 Å². The van der Waals surface area contributed by atoms with E-state index in [-0.39, 0.29) is 36.5 Å². The Balaban J connectivity index is 1.34. The van der Waals surface area contributed by atoms with Gasteiger partial charge in [0, 0.05) is 13.1 Å². The molecular formula is C29H28FN3O6. The molecule has 1 atom stereocenters. The predicted octanol–water partition coefficient (Wildman–Crippen LogP) is 3.46. The number of rotatable bonds is 8. The first-order valence-electron chi connectivity index (χ1n) is 12.7. The lowest BCUT2D eigenvalue weighted by Crippen LogP contribution is -2.44. The molecule has 0 aliphatic carbocycles. The fourth-order valence-corrected chi connectivity index (χ4v) is 4.69. The first-order valence-corrected chi connectivity index (χ1v) is 12.7. The van der Waals surface area contributed by atoms with Crippen LogP contribution < -0.4 is 9.80 Å². The van der Waals surface area contributed by atoms with Crippen LogP contribution in [0.2, 0.25) is 0 Å². The monoisotopic (exact) mass is 533 g/mol. The summed E-state index contributed by atoms with van der Waals surface area (Å²) < 4.78 is 26.0. The second-order valence-corrected chi connectivity index (χ2v) is 9.31. The van der Waals surface area contributed by atoms with Crippen LogP contribution in [0.3, 0.4) is 0 Å². The zero-order valence-corrected chi connectivity index (χ0v) is 21.2. The van der Waals surface area contributed by atoms with Crippen molar-refractivity contribution in [2.45, 2.75) is 12.7 Å². The largest absolute Gasteiger partial charge is 0.444 e. The minimum Gasteiger partial charge on any atom is -0.444 e. The van der Waals surface area contributed by atoms with Gasteiger partial charge in [-0.1, -0.05) is 42.5 Å². The van der Waals surface area contributed by atoms with Crippen LogP contribution >= 0.6 is 0 Å². The molecule has 0 unspecified atom stereocenters. The Bertz CT molecular complexity index is 1330. The van der Waals surface area contributed by atoms with Gasteiger partial charge in [0.15, 0.2) is 0 Å². The van der Waals surface area contributed by atoms with Crippen molar-refractivity contribution in [1.29, 1.82) is 0 Å². The summed E-state index contributed by atoms with van der Waals surface area (Å²) >= 11 is 0. The van der Waals surface area contributed by atoms with Crippen LogP contribution in [-0.4, -0.2) is 73.4 Å². The van der Waals surface area contributed by atoms with Crippen molar-refractivity contribution in [3.8, 4) is 0 Å². The molecule has 3 amide bonds. The molecule has 1 fully saturated rings. The van der Waals surface area contributed by atoms with Gasteiger partial charge < -0.3 is 19.5 Å². The number of carbonyl (C=O) groups is 3. The number of ether oxygens (including phenoxy) is 2. The normalized spacial score (nSPS) is 15.7. The molecule has 3 aromatic carbocycles. The number of hydrogen-bond acceptors (Lipinski definition) is 7. The Labute approximate surface area is 224 Å². The fourth-order valence-electron chi connectivity index (χ4n) is 4.69. The molecule has 0 bridgehead atoms. The maximum absolute atomic E-state index is 15.2. The fraction of sp³-hybridized carbons (Fsp3) is 0.276. The van der Waals surface area contributed by atoms with E-state index in [1.165, 1.54) is 6.07 Å². The number of carbonyl (C=O) groups excluding carboxylic acids is 3. The van der Waals surface area contributed by atoms with E-state index in [0.29, 0.717) is 32.0 Å². The van der Waals surface area contributed by atoms with Crippen molar-refractivity contribution in [2.75, 3.05) is 49.2 Å². The summed E-state index contributed by atoms with van der Waals surface area (Å²) in [4.78, 5) is 42.6. The van der Waals surface area contributed by atoms with Crippen molar-refractivity contribution >= 4 is 29.3 Å². The molecule has 10 heteroatoms. The third kappa shape index (κ3) is 5.76. The number of nitrogens with zero attached hydrogens (tertiary/aromatic N) is 3. The van der Waals surface area contributed by atoms with Gasteiger partial charge in [-0.2, -0.15) is 0 Å². The predicted molar refractivity (Wildman–Crippen MR) is 141 cm³/mol. The van der Waals surface area contributed by atoms with Crippen LogP contribution in [0.4, 0.5) is 20.6 Å². The molecule has 2 aliphatic heterocycles. The summed E-state index contributed by atoms with van der Waals surface area (Å²) in [5.41, 5.74) is 1.82. The van der Waals surface area contributed by atoms with Crippen LogP contribution in [0, 0.1) is 5.82 Å². The minimum absolute atomic E-state index is 0.0288. The molecule has 5 rings (SSSR count). The highest BCUT2D eigenvalue weighted by Crippen LogP contribution is 2.27. The highest BCUT2D eigenvalue weighted by molar-refractivity contribution is 6.21. The SMILES string of the molecule is O=C1c2ccccc2C(=O)N1C[C@H](O)CN(C(=O)OCc1ccccc1)c1ccc(N2CCOCC2)c(F)c1. The zero-order chi connectivity index (χ0) is 27.4. The molecule has 0 aromatic heterocycles. The Morgan fingerprint density at radius 3 is 2.26 bits per heavy atom. The molecule has 0 radical (unpaired) electrons. The number of halogens is 1. The topological polar surface area (TPSA) is 99.6 Å². The standard InChI is InChI=1S/C29H28FN3O6/c30-25-16-21(10-11-26(25)31-12-14-38-15-13-31)32(29(37)39-19-20-6-2-1-3-7-20)17-22(34)18-33-27(35)23-8-4-5-9-24(23)28(33)36/h1-11,16,22,34H,12-15,17-19H2/t22-/m1/s1. The molecule has 9 nitrogen and oxygen atoms in total. The summed E-state index contributed by atoms with van der Waals surface area (Å²) in [6.45, 7) is 1.35. The number of imide groups is 1. The van der Waals surface area contributed by atoms with Gasteiger partial charge in [0.25, 0.3) is 11.8 Å². The summed E-state index contributed by atoms with van der Waals surface area (Å²) in [6.07, 6.45) is -2.13. The third-order valence-electron chi connectivity index (χ3n) is 6.69. The lowest BCUT2D eigenvalue weighted by Gasteiger charge is -2.30. The van der Waals surface area contributed by atoms with Crippen molar-refractivity contribution in [3.63, 3.8) is 0 Å². The molecule has 2 heterocycles. The van der Waals surface area contributed by atoms with Crippen LogP contribution in [0.25, 0.3) is 0 Å². The molecule has 2 aliphatic rings. The average Bonchev–Trinajstić information content (AvgIpc) is 3.20. The van der Waals surface area contributed by atoms with E-state index in [9.17, 15) is 19.5 Å². The summed E-state index contributed by atoms with van der Waals surface area (Å²) in [5.74, 6) is -1.58. The first kappa shape index (κ1) is 26.3. The van der Waals surface area contributed by atoms with E-state index in [0.717, 1.165) is 15.4 Å². The van der Waals surface area contributed by atoms with E-state index >= 15 is 4.39 Å². The number of anilines is 2. The van der Waals surface area contributed by atoms with Crippen LogP contribution in [0.15, 0.2) is 72.8 Å². The van der Waals surface area contributed by atoms with E-state index in [1.54, 1.807) is 48.5 Å². The summed E-state index contributed by atoms with van der Waals surface area (Å²) in [6, 6.07) is 19.8. The van der Waals surface area contributed by atoms with Gasteiger partial charge in [0.2, 0.25) is 0 Å². The Morgan fingerprint density at radius 1 is 0.974 bits per heavy atom. The number of aliphatic hydroxyl groups excluding tert-OH is 1. The molecular weight excluding hydrogens is 505 g/mol. The van der Waals surface area contributed by atoms with Crippen molar-refractivity contribution in [2.24, 2.45) is 0 Å².